The number of nitrogen functional groups attached to an aromatic ring is 2. The van der Waals surface area contributed by atoms with Crippen LogP contribution in [-0.2, 0) is 34.9 Å². The van der Waals surface area contributed by atoms with Gasteiger partial charge in [-0.15, -0.1) is 5.10 Å². The number of aromatic nitrogens is 8. The van der Waals surface area contributed by atoms with E-state index in [4.69, 9.17) is 46.4 Å². The van der Waals surface area contributed by atoms with E-state index in [0.717, 1.165) is 4.68 Å². The molecule has 0 spiro atoms. The van der Waals surface area contributed by atoms with Crippen molar-refractivity contribution in [2.24, 2.45) is 0 Å². The van der Waals surface area contributed by atoms with Crippen LogP contribution in [0.4, 0.5) is 16.2 Å². The van der Waals surface area contributed by atoms with E-state index in [0.29, 0.717) is 11.0 Å². The van der Waals surface area contributed by atoms with Gasteiger partial charge in [0.1, 0.15) is 36.1 Å². The molecular formula is C20H25FN10O9P2S2. The van der Waals surface area contributed by atoms with Crippen molar-refractivity contribution in [1.29, 1.82) is 0 Å². The SMILES string of the molecule is Nc1nc2c(nnn2[C@@H]2O[C@H](CO)C[C@H]2OP(O)(=S)OC[C@H]2O[C@@H](n3ccc4c(N)ncnc43)[C@@H](F)[C@@H]2O)c(=O)[nH]1.O=PS. The molecule has 6 rings (SSSR count). The van der Waals surface area contributed by atoms with Gasteiger partial charge in [0.2, 0.25) is 13.6 Å². The highest BCUT2D eigenvalue weighted by atomic mass is 32.7. The fourth-order valence-corrected chi connectivity index (χ4v) is 6.25. The molecule has 19 nitrogen and oxygen atoms in total. The summed E-state index contributed by atoms with van der Waals surface area (Å²) >= 11 is 8.37. The van der Waals surface area contributed by atoms with E-state index in [1.54, 1.807) is 6.07 Å². The number of ether oxygens (including phenoxy) is 2. The maximum Gasteiger partial charge on any atom is 0.325 e. The molecule has 2 saturated heterocycles. The molecule has 2 aliphatic rings. The van der Waals surface area contributed by atoms with Gasteiger partial charge in [0, 0.05) is 12.6 Å². The molecule has 0 aliphatic carbocycles. The lowest BCUT2D eigenvalue weighted by atomic mass is 10.1. The van der Waals surface area contributed by atoms with Crippen LogP contribution in [0.3, 0.4) is 0 Å². The van der Waals surface area contributed by atoms with Crippen molar-refractivity contribution < 1.29 is 42.6 Å². The van der Waals surface area contributed by atoms with E-state index >= 15 is 4.39 Å². The Labute approximate surface area is 257 Å². The molecule has 8 atom stereocenters. The van der Waals surface area contributed by atoms with Crippen molar-refractivity contribution in [3.05, 3.63) is 28.9 Å². The number of alkyl halides is 1. The van der Waals surface area contributed by atoms with Gasteiger partial charge >= 0.3 is 6.72 Å². The first-order valence-corrected chi connectivity index (χ1v) is 17.1. The molecule has 238 valence electrons. The van der Waals surface area contributed by atoms with Crippen LogP contribution in [0.1, 0.15) is 18.9 Å². The number of rotatable bonds is 8. The smallest absolute Gasteiger partial charge is 0.325 e. The largest absolute Gasteiger partial charge is 0.394 e. The van der Waals surface area contributed by atoms with E-state index in [1.165, 1.54) is 17.1 Å². The maximum atomic E-state index is 15.1. The van der Waals surface area contributed by atoms with Crippen molar-refractivity contribution in [3.8, 4) is 0 Å². The Bertz CT molecular complexity index is 1760. The summed E-state index contributed by atoms with van der Waals surface area (Å²) in [6, 6.07) is 1.59. The van der Waals surface area contributed by atoms with E-state index in [9.17, 15) is 19.9 Å². The van der Waals surface area contributed by atoms with Gasteiger partial charge in [0.05, 0.1) is 24.7 Å². The standard InChI is InChI=1S/C20H24FN10O8PS.HOPS/c21-11-13(33)10(38-19(11)30-2-1-8-14(22)24-6-25-15(8)30)5-36-40(35,41)39-9-3-7(4-32)37-18(9)31-16-12(28-29-31)17(34)27-20(23)26-16;1-2-3/h1-2,6-7,9-11,13,18-19,32-33H,3-5H2,(H,35,41)(H2,22,24,25)(H3,23,26,27,34);(H,1,3)/t7-,9+,10+,11-,13+,18+,19+,40?;/m0./s1. The predicted octanol–water partition coefficient (Wildman–Crippen LogP) is -0.258. The average molecular weight is 695 g/mol. The Morgan fingerprint density at radius 1 is 1.30 bits per heavy atom. The van der Waals surface area contributed by atoms with Crippen LogP contribution in [0.15, 0.2) is 23.4 Å². The van der Waals surface area contributed by atoms with Gasteiger partial charge < -0.3 is 49.7 Å². The molecule has 0 amide bonds. The summed E-state index contributed by atoms with van der Waals surface area (Å²) in [7, 11) is -0.139. The van der Waals surface area contributed by atoms with Crippen molar-refractivity contribution in [1.82, 2.24) is 39.5 Å². The molecule has 2 aliphatic heterocycles. The number of nitrogens with one attached hydrogen (secondary N) is 1. The van der Waals surface area contributed by atoms with E-state index in [-0.39, 0.29) is 37.0 Å². The third kappa shape index (κ3) is 6.46. The molecule has 2 fully saturated rings. The van der Waals surface area contributed by atoms with E-state index in [2.05, 4.69) is 42.5 Å². The minimum atomic E-state index is -4.08. The third-order valence-electron chi connectivity index (χ3n) is 6.72. The Morgan fingerprint density at radius 3 is 2.77 bits per heavy atom. The van der Waals surface area contributed by atoms with Crippen LogP contribution >= 0.6 is 26.6 Å². The topological polar surface area (TPSA) is 274 Å². The highest BCUT2D eigenvalue weighted by molar-refractivity contribution is 8.33. The monoisotopic (exact) mass is 694 g/mol. The normalized spacial score (nSPS) is 28.3. The Morgan fingerprint density at radius 2 is 2.05 bits per heavy atom. The Kier molecular flexibility index (Phi) is 9.87. The first kappa shape index (κ1) is 32.6. The van der Waals surface area contributed by atoms with E-state index in [1.807, 2.05) is 0 Å². The van der Waals surface area contributed by atoms with Crippen molar-refractivity contribution in [2.45, 2.75) is 49.5 Å². The molecule has 0 bridgehead atoms. The number of anilines is 2. The van der Waals surface area contributed by atoms with Gasteiger partial charge in [0.25, 0.3) is 5.56 Å². The summed E-state index contributed by atoms with van der Waals surface area (Å²) in [6.07, 6.45) is -6.17. The lowest BCUT2D eigenvalue weighted by Crippen LogP contribution is -2.31. The number of nitrogens with two attached hydrogens (primary N) is 2. The molecule has 0 radical (unpaired) electrons. The number of H-pyrrole nitrogens is 1. The molecule has 24 heteroatoms. The zero-order chi connectivity index (χ0) is 31.8. The molecule has 0 saturated carbocycles. The van der Waals surface area contributed by atoms with Gasteiger partial charge in [-0.25, -0.2) is 14.4 Å². The number of hydrogen-bond acceptors (Lipinski definition) is 16. The molecule has 0 aromatic carbocycles. The highest BCUT2D eigenvalue weighted by Gasteiger charge is 2.47. The van der Waals surface area contributed by atoms with E-state index < -0.39 is 68.5 Å². The van der Waals surface area contributed by atoms with Crippen LogP contribution in [-0.4, -0.2) is 98.4 Å². The van der Waals surface area contributed by atoms with Gasteiger partial charge in [0.15, 0.2) is 29.8 Å². The number of halogens is 1. The predicted molar refractivity (Wildman–Crippen MR) is 157 cm³/mol. The first-order chi connectivity index (χ1) is 21.0. The van der Waals surface area contributed by atoms with Crippen LogP contribution in [0.5, 0.6) is 0 Å². The molecule has 4 aromatic rings. The fourth-order valence-electron chi connectivity index (χ4n) is 4.80. The van der Waals surface area contributed by atoms with Crippen LogP contribution < -0.4 is 17.0 Å². The van der Waals surface area contributed by atoms with Crippen LogP contribution in [0, 0.1) is 0 Å². The van der Waals surface area contributed by atoms with Crippen molar-refractivity contribution >= 4 is 72.4 Å². The Balaban J connectivity index is 0.00000123. The first-order valence-electron chi connectivity index (χ1n) is 12.5. The summed E-state index contributed by atoms with van der Waals surface area (Å²) in [6.45, 7) is -5.01. The second kappa shape index (κ2) is 13.3. The molecule has 4 aromatic heterocycles. The highest BCUT2D eigenvalue weighted by Crippen LogP contribution is 2.50. The van der Waals surface area contributed by atoms with Gasteiger partial charge in [-0.2, -0.15) is 9.67 Å². The zero-order valence-electron chi connectivity index (χ0n) is 22.1. The van der Waals surface area contributed by atoms with Gasteiger partial charge in [-0.3, -0.25) is 14.3 Å². The van der Waals surface area contributed by atoms with Crippen LogP contribution in [0.25, 0.3) is 22.2 Å². The second-order valence-electron chi connectivity index (χ2n) is 9.43. The second-order valence-corrected chi connectivity index (χ2v) is 12.9. The molecule has 1 unspecified atom stereocenters. The van der Waals surface area contributed by atoms with Gasteiger partial charge in [-0.05, 0) is 17.9 Å². The molecule has 44 heavy (non-hydrogen) atoms. The number of hydrogen-bond donors (Lipinski definition) is 7. The maximum absolute atomic E-state index is 15.1. The lowest BCUT2D eigenvalue weighted by Gasteiger charge is -2.25. The molecular weight excluding hydrogens is 669 g/mol. The average Bonchev–Trinajstić information content (AvgIpc) is 3.74. The summed E-state index contributed by atoms with van der Waals surface area (Å²) < 4.78 is 49.0. The number of fused-ring (bicyclic) bond motifs is 2. The summed E-state index contributed by atoms with van der Waals surface area (Å²) in [4.78, 5) is 37.3. The lowest BCUT2D eigenvalue weighted by molar-refractivity contribution is -0.0594. The summed E-state index contributed by atoms with van der Waals surface area (Å²) in [5.74, 6) is 0.00234. The van der Waals surface area contributed by atoms with Crippen molar-refractivity contribution in [2.75, 3.05) is 24.7 Å². The minimum Gasteiger partial charge on any atom is -0.394 e. The molecule has 6 heterocycles. The Hall–Kier alpha value is -2.75. The summed E-state index contributed by atoms with van der Waals surface area (Å²) in [5.41, 5.74) is 11.0. The summed E-state index contributed by atoms with van der Waals surface area (Å²) in [5, 5.41) is 28.3. The number of nitrogens with zero attached hydrogens (tertiary/aromatic N) is 7. The number of aliphatic hydroxyl groups excluding tert-OH is 2. The van der Waals surface area contributed by atoms with Gasteiger partial charge in [-0.1, -0.05) is 17.5 Å². The fraction of sp³-hybridized carbons (Fsp3) is 0.500. The van der Waals surface area contributed by atoms with Crippen LogP contribution in [0.2, 0.25) is 0 Å². The number of aromatic amines is 1. The number of thiol groups is 1. The minimum absolute atomic E-state index is 0.0253. The van der Waals surface area contributed by atoms with Crippen molar-refractivity contribution in [3.63, 3.8) is 0 Å². The molecule has 8 N–H and O–H groups in total. The quantitative estimate of drug-likeness (QED) is 0.0924. The number of aliphatic hydroxyl groups is 2. The zero-order valence-corrected chi connectivity index (χ0v) is 25.6. The third-order valence-corrected chi connectivity index (χ3v) is 8.31.